The highest BCUT2D eigenvalue weighted by atomic mass is 16.2. The van der Waals surface area contributed by atoms with Crippen molar-refractivity contribution in [2.45, 2.75) is 37.8 Å². The Bertz CT molecular complexity index is 968. The number of nitrogens with one attached hydrogen (secondary N) is 1. The van der Waals surface area contributed by atoms with Crippen LogP contribution in [0.5, 0.6) is 0 Å². The zero-order valence-electron chi connectivity index (χ0n) is 13.6. The first-order valence-corrected chi connectivity index (χ1v) is 7.72. The maximum Gasteiger partial charge on any atom is 0.332 e. The molecule has 0 unspecified atom stereocenters. The lowest BCUT2D eigenvalue weighted by atomic mass is 10.00. The molecule has 1 aliphatic rings. The topological polar surface area (TPSA) is 115 Å². The normalized spacial score (nSPS) is 16.2. The predicted octanol–water partition coefficient (Wildman–Crippen LogP) is -0.614. The monoisotopic (exact) mass is 330 g/mol. The largest absolute Gasteiger partial charge is 0.336 e. The molecule has 0 saturated heterocycles. The van der Waals surface area contributed by atoms with Gasteiger partial charge in [0, 0.05) is 14.1 Å². The Balaban J connectivity index is 1.94. The number of nitrogens with zero attached hydrogens (tertiary/aromatic N) is 5. The number of aryl methyl sites for hydroxylation is 1. The van der Waals surface area contributed by atoms with Gasteiger partial charge < -0.3 is 9.88 Å². The van der Waals surface area contributed by atoms with Gasteiger partial charge in [-0.3, -0.25) is 18.7 Å². The molecule has 1 aliphatic carbocycles. The molecule has 1 fully saturated rings. The molecule has 1 N–H and O–H groups in total. The molecule has 3 rings (SSSR count). The van der Waals surface area contributed by atoms with Gasteiger partial charge in [0.25, 0.3) is 5.56 Å². The third-order valence-corrected chi connectivity index (χ3v) is 4.58. The first-order chi connectivity index (χ1) is 11.4. The molecule has 0 aliphatic heterocycles. The molecule has 126 valence electrons. The SMILES string of the molecule is Cn1c(=O)c2c(ncn2CC(=O)NC2(C#N)CCCC2)n(C)c1=O. The number of hydrogen-bond acceptors (Lipinski definition) is 5. The molecule has 1 amide bonds. The van der Waals surface area contributed by atoms with Crippen molar-refractivity contribution in [1.29, 1.82) is 5.26 Å². The van der Waals surface area contributed by atoms with Crippen molar-refractivity contribution in [3.8, 4) is 6.07 Å². The summed E-state index contributed by atoms with van der Waals surface area (Å²) in [5.41, 5.74) is -1.38. The van der Waals surface area contributed by atoms with Crippen LogP contribution in [0.3, 0.4) is 0 Å². The number of fused-ring (bicyclic) bond motifs is 1. The summed E-state index contributed by atoms with van der Waals surface area (Å²) in [5.74, 6) is -0.353. The van der Waals surface area contributed by atoms with E-state index in [2.05, 4.69) is 16.4 Å². The van der Waals surface area contributed by atoms with Gasteiger partial charge in [-0.05, 0) is 25.7 Å². The van der Waals surface area contributed by atoms with E-state index in [-0.39, 0.29) is 23.6 Å². The summed E-state index contributed by atoms with van der Waals surface area (Å²) in [4.78, 5) is 40.6. The van der Waals surface area contributed by atoms with Crippen molar-refractivity contribution >= 4 is 17.1 Å². The Morgan fingerprint density at radius 1 is 1.33 bits per heavy atom. The van der Waals surface area contributed by atoms with Gasteiger partial charge in [-0.1, -0.05) is 0 Å². The van der Waals surface area contributed by atoms with E-state index in [4.69, 9.17) is 0 Å². The van der Waals surface area contributed by atoms with Gasteiger partial charge in [0.15, 0.2) is 11.2 Å². The lowest BCUT2D eigenvalue weighted by Gasteiger charge is -2.22. The van der Waals surface area contributed by atoms with Crippen LogP contribution in [-0.2, 0) is 25.4 Å². The third kappa shape index (κ3) is 2.40. The summed E-state index contributed by atoms with van der Waals surface area (Å²) in [7, 11) is 2.90. The second-order valence-corrected chi connectivity index (χ2v) is 6.20. The van der Waals surface area contributed by atoms with Gasteiger partial charge in [-0.25, -0.2) is 9.78 Å². The van der Waals surface area contributed by atoms with Gasteiger partial charge in [-0.2, -0.15) is 5.26 Å². The van der Waals surface area contributed by atoms with Gasteiger partial charge in [0.05, 0.1) is 12.4 Å². The summed E-state index contributed by atoms with van der Waals surface area (Å²) in [5, 5.41) is 12.1. The van der Waals surface area contributed by atoms with E-state index in [1.54, 1.807) is 0 Å². The molecule has 2 aromatic rings. The van der Waals surface area contributed by atoms with Crippen LogP contribution in [0.2, 0.25) is 0 Å². The minimum atomic E-state index is -0.814. The summed E-state index contributed by atoms with van der Waals surface area (Å²) < 4.78 is 3.65. The maximum atomic E-state index is 12.3. The Kier molecular flexibility index (Phi) is 3.75. The Labute approximate surface area is 137 Å². The molecule has 2 aromatic heterocycles. The van der Waals surface area contributed by atoms with Crippen LogP contribution < -0.4 is 16.6 Å². The van der Waals surface area contributed by atoms with Crippen LogP contribution in [0.15, 0.2) is 15.9 Å². The number of amides is 1. The average molecular weight is 330 g/mol. The molecule has 2 heterocycles. The zero-order valence-corrected chi connectivity index (χ0v) is 13.6. The quantitative estimate of drug-likeness (QED) is 0.806. The first-order valence-electron chi connectivity index (χ1n) is 7.72. The number of rotatable bonds is 3. The summed E-state index contributed by atoms with van der Waals surface area (Å²) in [6.45, 7) is -0.132. The van der Waals surface area contributed by atoms with Gasteiger partial charge in [-0.15, -0.1) is 0 Å². The van der Waals surface area contributed by atoms with Crippen LogP contribution in [0.25, 0.3) is 11.2 Å². The minimum absolute atomic E-state index is 0.132. The van der Waals surface area contributed by atoms with Gasteiger partial charge >= 0.3 is 5.69 Å². The van der Waals surface area contributed by atoms with Crippen LogP contribution in [-0.4, -0.2) is 30.1 Å². The first kappa shape index (κ1) is 16.0. The molecule has 0 aromatic carbocycles. The molecule has 0 bridgehead atoms. The van der Waals surface area contributed by atoms with E-state index in [0.29, 0.717) is 12.8 Å². The molecule has 0 radical (unpaired) electrons. The molecule has 1 saturated carbocycles. The van der Waals surface area contributed by atoms with E-state index in [0.717, 1.165) is 17.4 Å². The number of nitriles is 1. The number of aromatic nitrogens is 4. The molecule has 9 nitrogen and oxygen atoms in total. The number of hydrogen-bond donors (Lipinski definition) is 1. The standard InChI is InChI=1S/C15H18N6O3/c1-19-12-11(13(23)20(2)14(19)24)21(9-17-12)7-10(22)18-15(8-16)5-3-4-6-15/h9H,3-7H2,1-2H3,(H,18,22). The Morgan fingerprint density at radius 2 is 2.00 bits per heavy atom. The van der Waals surface area contributed by atoms with Crippen molar-refractivity contribution in [2.75, 3.05) is 0 Å². The smallest absolute Gasteiger partial charge is 0.332 e. The summed E-state index contributed by atoms with van der Waals surface area (Å²) >= 11 is 0. The van der Waals surface area contributed by atoms with Crippen LogP contribution in [0.1, 0.15) is 25.7 Å². The molecule has 0 atom stereocenters. The Morgan fingerprint density at radius 3 is 2.62 bits per heavy atom. The predicted molar refractivity (Wildman–Crippen MR) is 85.2 cm³/mol. The highest BCUT2D eigenvalue weighted by Gasteiger charge is 2.35. The van der Waals surface area contributed by atoms with E-state index >= 15 is 0 Å². The van der Waals surface area contributed by atoms with Crippen LogP contribution in [0, 0.1) is 11.3 Å². The summed E-state index contributed by atoms with van der Waals surface area (Å²) in [6, 6.07) is 2.19. The fourth-order valence-corrected chi connectivity index (χ4v) is 3.22. The fourth-order valence-electron chi connectivity index (χ4n) is 3.22. The number of imidazole rings is 1. The van der Waals surface area contributed by atoms with Crippen molar-refractivity contribution in [3.05, 3.63) is 27.2 Å². The van der Waals surface area contributed by atoms with Crippen LogP contribution in [0.4, 0.5) is 0 Å². The van der Waals surface area contributed by atoms with Crippen molar-refractivity contribution in [3.63, 3.8) is 0 Å². The van der Waals surface area contributed by atoms with E-state index in [1.165, 1.54) is 29.6 Å². The molecular weight excluding hydrogens is 312 g/mol. The molecule has 0 spiro atoms. The van der Waals surface area contributed by atoms with Gasteiger partial charge in [0.2, 0.25) is 5.91 Å². The van der Waals surface area contributed by atoms with E-state index in [1.807, 2.05) is 0 Å². The van der Waals surface area contributed by atoms with E-state index in [9.17, 15) is 19.6 Å². The zero-order chi connectivity index (χ0) is 17.5. The average Bonchev–Trinajstić information content (AvgIpc) is 3.18. The maximum absolute atomic E-state index is 12.3. The highest BCUT2D eigenvalue weighted by Crippen LogP contribution is 2.28. The molecular formula is C15H18N6O3. The summed E-state index contributed by atoms with van der Waals surface area (Å²) in [6.07, 6.45) is 4.44. The second kappa shape index (κ2) is 5.63. The van der Waals surface area contributed by atoms with Gasteiger partial charge in [0.1, 0.15) is 12.1 Å². The lowest BCUT2D eigenvalue weighted by Crippen LogP contribution is -2.46. The highest BCUT2D eigenvalue weighted by molar-refractivity contribution is 5.79. The molecule has 9 heteroatoms. The van der Waals surface area contributed by atoms with Crippen molar-refractivity contribution in [1.82, 2.24) is 24.0 Å². The van der Waals surface area contributed by atoms with E-state index < -0.39 is 16.8 Å². The fraction of sp³-hybridized carbons (Fsp3) is 0.533. The second-order valence-electron chi connectivity index (χ2n) is 6.20. The number of carbonyl (C=O) groups is 1. The third-order valence-electron chi connectivity index (χ3n) is 4.58. The Hall–Kier alpha value is -2.89. The van der Waals surface area contributed by atoms with Crippen LogP contribution >= 0.6 is 0 Å². The number of carbonyl (C=O) groups excluding carboxylic acids is 1. The van der Waals surface area contributed by atoms with Crippen molar-refractivity contribution in [2.24, 2.45) is 14.1 Å². The minimum Gasteiger partial charge on any atom is -0.336 e. The molecule has 24 heavy (non-hydrogen) atoms. The van der Waals surface area contributed by atoms with Crippen molar-refractivity contribution < 1.29 is 4.79 Å². The lowest BCUT2D eigenvalue weighted by molar-refractivity contribution is -0.122.